The van der Waals surface area contributed by atoms with Crippen LogP contribution in [0.25, 0.3) is 0 Å². The molecule has 1 aromatic rings. The summed E-state index contributed by atoms with van der Waals surface area (Å²) in [7, 11) is 3.90. The molecule has 0 unspecified atom stereocenters. The molecule has 0 aromatic heterocycles. The van der Waals surface area contributed by atoms with Gasteiger partial charge in [-0.05, 0) is 38.4 Å². The van der Waals surface area contributed by atoms with E-state index in [0.717, 1.165) is 6.54 Å². The second-order valence-electron chi connectivity index (χ2n) is 4.79. The standard InChI is InChI=1S/C14H20N2O2/c1-10(9-16(3)4)14(18)12-5-7-13(8-6-12)15-11(2)17/h5-8,10H,9H2,1-4H3,(H,15,17)/t10-/m1/s1. The van der Waals surface area contributed by atoms with E-state index in [1.807, 2.05) is 25.9 Å². The Morgan fingerprint density at radius 1 is 1.22 bits per heavy atom. The highest BCUT2D eigenvalue weighted by molar-refractivity contribution is 5.98. The van der Waals surface area contributed by atoms with Crippen molar-refractivity contribution in [1.29, 1.82) is 0 Å². The Hall–Kier alpha value is -1.68. The van der Waals surface area contributed by atoms with E-state index in [4.69, 9.17) is 0 Å². The Kier molecular flexibility index (Phi) is 5.04. The molecule has 1 aromatic carbocycles. The van der Waals surface area contributed by atoms with Gasteiger partial charge in [-0.2, -0.15) is 0 Å². The van der Waals surface area contributed by atoms with Gasteiger partial charge >= 0.3 is 0 Å². The van der Waals surface area contributed by atoms with Gasteiger partial charge in [-0.15, -0.1) is 0 Å². The van der Waals surface area contributed by atoms with Gasteiger partial charge < -0.3 is 10.2 Å². The minimum Gasteiger partial charge on any atom is -0.326 e. The first-order chi connectivity index (χ1) is 8.40. The van der Waals surface area contributed by atoms with Crippen LogP contribution in [0, 0.1) is 5.92 Å². The molecule has 0 saturated heterocycles. The monoisotopic (exact) mass is 248 g/mol. The van der Waals surface area contributed by atoms with E-state index in [0.29, 0.717) is 11.3 Å². The van der Waals surface area contributed by atoms with Crippen LogP contribution in [0.2, 0.25) is 0 Å². The van der Waals surface area contributed by atoms with Crippen LogP contribution < -0.4 is 5.32 Å². The van der Waals surface area contributed by atoms with Gasteiger partial charge in [0.2, 0.25) is 5.91 Å². The van der Waals surface area contributed by atoms with Gasteiger partial charge in [-0.1, -0.05) is 6.92 Å². The van der Waals surface area contributed by atoms with Gasteiger partial charge in [-0.25, -0.2) is 0 Å². The Balaban J connectivity index is 2.72. The third-order valence-electron chi connectivity index (χ3n) is 2.58. The van der Waals surface area contributed by atoms with Crippen LogP contribution in [0.5, 0.6) is 0 Å². The largest absolute Gasteiger partial charge is 0.326 e. The molecular weight excluding hydrogens is 228 g/mol. The van der Waals surface area contributed by atoms with Gasteiger partial charge in [0.05, 0.1) is 0 Å². The lowest BCUT2D eigenvalue weighted by Gasteiger charge is -2.15. The van der Waals surface area contributed by atoms with Crippen LogP contribution in [0.4, 0.5) is 5.69 Å². The number of rotatable bonds is 5. The Morgan fingerprint density at radius 3 is 2.22 bits per heavy atom. The highest BCUT2D eigenvalue weighted by Gasteiger charge is 2.15. The van der Waals surface area contributed by atoms with Crippen LogP contribution in [0.1, 0.15) is 24.2 Å². The summed E-state index contributed by atoms with van der Waals surface area (Å²) in [5.41, 5.74) is 1.39. The summed E-state index contributed by atoms with van der Waals surface area (Å²) in [6.07, 6.45) is 0. The van der Waals surface area contributed by atoms with Gasteiger partial charge in [0, 0.05) is 30.6 Å². The van der Waals surface area contributed by atoms with Crippen LogP contribution >= 0.6 is 0 Å². The quantitative estimate of drug-likeness (QED) is 0.811. The number of Topliss-reactive ketones (excluding diaryl/α,β-unsaturated/α-hetero) is 1. The van der Waals surface area contributed by atoms with E-state index in [1.165, 1.54) is 6.92 Å². The minimum absolute atomic E-state index is 0.0355. The maximum atomic E-state index is 12.1. The fourth-order valence-corrected chi connectivity index (χ4v) is 1.84. The average molecular weight is 248 g/mol. The van der Waals surface area contributed by atoms with Crippen LogP contribution in [0.3, 0.4) is 0 Å². The zero-order valence-corrected chi connectivity index (χ0v) is 11.4. The van der Waals surface area contributed by atoms with Crippen molar-refractivity contribution in [2.75, 3.05) is 26.0 Å². The predicted molar refractivity (Wildman–Crippen MR) is 72.8 cm³/mol. The van der Waals surface area contributed by atoms with Crippen molar-refractivity contribution >= 4 is 17.4 Å². The Morgan fingerprint density at radius 2 is 1.78 bits per heavy atom. The van der Waals surface area contributed by atoms with Crippen LogP contribution in [0.15, 0.2) is 24.3 Å². The number of amides is 1. The van der Waals surface area contributed by atoms with Crippen molar-refractivity contribution in [2.24, 2.45) is 5.92 Å². The summed E-state index contributed by atoms with van der Waals surface area (Å²) in [4.78, 5) is 25.0. The minimum atomic E-state index is -0.116. The lowest BCUT2D eigenvalue weighted by Crippen LogP contribution is -2.25. The number of carbonyl (C=O) groups is 2. The summed E-state index contributed by atoms with van der Waals surface area (Å²) in [5, 5.41) is 2.67. The van der Waals surface area contributed by atoms with Crippen molar-refractivity contribution < 1.29 is 9.59 Å². The number of nitrogens with zero attached hydrogens (tertiary/aromatic N) is 1. The molecule has 0 aliphatic heterocycles. The molecule has 0 aliphatic rings. The Bertz CT molecular complexity index is 424. The number of benzene rings is 1. The topological polar surface area (TPSA) is 49.4 Å². The molecule has 1 N–H and O–H groups in total. The number of hydrogen-bond acceptors (Lipinski definition) is 3. The molecule has 1 rings (SSSR count). The SMILES string of the molecule is CC(=O)Nc1ccc(C(=O)[C@H](C)CN(C)C)cc1. The maximum absolute atomic E-state index is 12.1. The van der Waals surface area contributed by atoms with E-state index >= 15 is 0 Å². The molecule has 0 radical (unpaired) electrons. The molecule has 0 aliphatic carbocycles. The second-order valence-corrected chi connectivity index (χ2v) is 4.79. The van der Waals surface area contributed by atoms with Crippen LogP contribution in [-0.2, 0) is 4.79 Å². The summed E-state index contributed by atoms with van der Waals surface area (Å²) in [6.45, 7) is 4.11. The zero-order valence-electron chi connectivity index (χ0n) is 11.4. The maximum Gasteiger partial charge on any atom is 0.221 e. The van der Waals surface area contributed by atoms with Crippen molar-refractivity contribution in [1.82, 2.24) is 4.90 Å². The van der Waals surface area contributed by atoms with Crippen molar-refractivity contribution in [3.63, 3.8) is 0 Å². The molecule has 1 atom stereocenters. The van der Waals surface area contributed by atoms with E-state index < -0.39 is 0 Å². The van der Waals surface area contributed by atoms with Gasteiger partial charge in [0.25, 0.3) is 0 Å². The average Bonchev–Trinajstić information content (AvgIpc) is 2.27. The Labute approximate surface area is 108 Å². The summed E-state index contributed by atoms with van der Waals surface area (Å²) >= 11 is 0. The molecule has 0 saturated carbocycles. The number of hydrogen-bond donors (Lipinski definition) is 1. The van der Waals surface area contributed by atoms with E-state index in [1.54, 1.807) is 24.3 Å². The van der Waals surface area contributed by atoms with E-state index in [2.05, 4.69) is 5.32 Å². The molecule has 1 amide bonds. The number of carbonyl (C=O) groups excluding carboxylic acids is 2. The van der Waals surface area contributed by atoms with E-state index in [-0.39, 0.29) is 17.6 Å². The first-order valence-corrected chi connectivity index (χ1v) is 5.96. The summed E-state index contributed by atoms with van der Waals surface area (Å²) in [5.74, 6) is -0.0280. The van der Waals surface area contributed by atoms with Crippen molar-refractivity contribution in [2.45, 2.75) is 13.8 Å². The molecule has 0 spiro atoms. The fourth-order valence-electron chi connectivity index (χ4n) is 1.84. The number of anilines is 1. The predicted octanol–water partition coefficient (Wildman–Crippen LogP) is 2.03. The third-order valence-corrected chi connectivity index (χ3v) is 2.58. The molecule has 4 heteroatoms. The van der Waals surface area contributed by atoms with Gasteiger partial charge in [0.15, 0.2) is 5.78 Å². The lowest BCUT2D eigenvalue weighted by molar-refractivity contribution is -0.114. The highest BCUT2D eigenvalue weighted by Crippen LogP contribution is 2.14. The molecular formula is C14H20N2O2. The van der Waals surface area contributed by atoms with Crippen molar-refractivity contribution in [3.05, 3.63) is 29.8 Å². The molecule has 0 fully saturated rings. The first kappa shape index (κ1) is 14.4. The van der Waals surface area contributed by atoms with Gasteiger partial charge in [-0.3, -0.25) is 9.59 Å². The van der Waals surface area contributed by atoms with Crippen molar-refractivity contribution in [3.8, 4) is 0 Å². The van der Waals surface area contributed by atoms with Gasteiger partial charge in [0.1, 0.15) is 0 Å². The fraction of sp³-hybridized carbons (Fsp3) is 0.429. The lowest BCUT2D eigenvalue weighted by atomic mass is 9.99. The normalized spacial score (nSPS) is 12.3. The number of nitrogens with one attached hydrogen (secondary N) is 1. The summed E-state index contributed by atoms with van der Waals surface area (Å²) in [6, 6.07) is 6.99. The zero-order chi connectivity index (χ0) is 13.7. The number of ketones is 1. The molecule has 18 heavy (non-hydrogen) atoms. The smallest absolute Gasteiger partial charge is 0.221 e. The second kappa shape index (κ2) is 6.31. The molecule has 0 heterocycles. The first-order valence-electron chi connectivity index (χ1n) is 5.96. The highest BCUT2D eigenvalue weighted by atomic mass is 16.1. The third kappa shape index (κ3) is 4.30. The molecule has 0 bridgehead atoms. The van der Waals surface area contributed by atoms with Crippen LogP contribution in [-0.4, -0.2) is 37.2 Å². The summed E-state index contributed by atoms with van der Waals surface area (Å²) < 4.78 is 0. The molecule has 4 nitrogen and oxygen atoms in total. The van der Waals surface area contributed by atoms with E-state index in [9.17, 15) is 9.59 Å². The molecule has 98 valence electrons.